The lowest BCUT2D eigenvalue weighted by Gasteiger charge is -2.40. The van der Waals surface area contributed by atoms with Crippen molar-refractivity contribution in [1.29, 1.82) is 0 Å². The Morgan fingerprint density at radius 2 is 1.79 bits per heavy atom. The first-order chi connectivity index (χ1) is 16.0. The summed E-state index contributed by atoms with van der Waals surface area (Å²) in [6.07, 6.45) is 5.54. The highest BCUT2D eigenvalue weighted by molar-refractivity contribution is 7.93. The Hall–Kier alpha value is -2.79. The van der Waals surface area contributed by atoms with Gasteiger partial charge < -0.3 is 14.7 Å². The van der Waals surface area contributed by atoms with Gasteiger partial charge in [-0.25, -0.2) is 21.6 Å². The molecule has 0 saturated carbocycles. The second-order valence-electron chi connectivity index (χ2n) is 8.70. The third-order valence-electron chi connectivity index (χ3n) is 6.42. The zero-order chi connectivity index (χ0) is 24.7. The van der Waals surface area contributed by atoms with Crippen LogP contribution in [0.25, 0.3) is 0 Å². The number of aromatic carboxylic acids is 1. The van der Waals surface area contributed by atoms with Crippen molar-refractivity contribution >= 4 is 37.2 Å². The number of ether oxygens (including phenoxy) is 1. The quantitative estimate of drug-likeness (QED) is 0.657. The third-order valence-corrected chi connectivity index (χ3v) is 9.32. The molecule has 1 saturated heterocycles. The standard InChI is InChI=1S/C23H28N2O7S2/c1-24-20-15-18(33(2,28)29)9-10-19(20)25-12-4-3-6-17(25)7-5-13-32-21-11-8-16(23(26)27)14-22(21)34(24,30)31/h8-11,14-15,17H,3-7,12-13H2,1-2H3,(H,26,27). The summed E-state index contributed by atoms with van der Waals surface area (Å²) in [4.78, 5) is 13.4. The van der Waals surface area contributed by atoms with E-state index < -0.39 is 25.8 Å². The van der Waals surface area contributed by atoms with Crippen molar-refractivity contribution in [3.8, 4) is 5.75 Å². The van der Waals surface area contributed by atoms with Gasteiger partial charge in [0.2, 0.25) is 0 Å². The number of piperidine rings is 1. The molecule has 1 unspecified atom stereocenters. The molecule has 9 nitrogen and oxygen atoms in total. The highest BCUT2D eigenvalue weighted by Gasteiger charge is 2.33. The lowest BCUT2D eigenvalue weighted by molar-refractivity contribution is 0.0696. The minimum Gasteiger partial charge on any atom is -0.492 e. The van der Waals surface area contributed by atoms with Gasteiger partial charge in [-0.3, -0.25) is 4.31 Å². The Morgan fingerprint density at radius 3 is 2.50 bits per heavy atom. The maximum atomic E-state index is 13.8. The molecule has 1 N–H and O–H groups in total. The van der Waals surface area contributed by atoms with E-state index in [0.29, 0.717) is 18.7 Å². The number of nitrogens with zero attached hydrogens (tertiary/aromatic N) is 2. The van der Waals surface area contributed by atoms with E-state index in [1.165, 1.54) is 31.3 Å². The first-order valence-corrected chi connectivity index (χ1v) is 14.4. The van der Waals surface area contributed by atoms with E-state index in [1.807, 2.05) is 0 Å². The molecule has 34 heavy (non-hydrogen) atoms. The Bertz CT molecular complexity index is 1320. The fourth-order valence-corrected chi connectivity index (χ4v) is 6.59. The van der Waals surface area contributed by atoms with Crippen molar-refractivity contribution in [3.63, 3.8) is 0 Å². The van der Waals surface area contributed by atoms with Crippen LogP contribution in [0, 0.1) is 0 Å². The number of sulfone groups is 1. The first-order valence-electron chi connectivity index (χ1n) is 11.1. The van der Waals surface area contributed by atoms with Crippen LogP contribution in [0.1, 0.15) is 42.5 Å². The molecule has 2 heterocycles. The molecule has 0 radical (unpaired) electrons. The molecule has 2 aromatic carbocycles. The fourth-order valence-electron chi connectivity index (χ4n) is 4.59. The van der Waals surface area contributed by atoms with Crippen LogP contribution >= 0.6 is 0 Å². The maximum absolute atomic E-state index is 13.8. The van der Waals surface area contributed by atoms with Gasteiger partial charge in [-0.2, -0.15) is 0 Å². The Balaban J connectivity index is 1.96. The van der Waals surface area contributed by atoms with Crippen LogP contribution in [0.5, 0.6) is 5.75 Å². The van der Waals surface area contributed by atoms with Crippen molar-refractivity contribution in [2.75, 3.05) is 35.7 Å². The zero-order valence-electron chi connectivity index (χ0n) is 19.1. The molecule has 0 spiro atoms. The van der Waals surface area contributed by atoms with E-state index in [-0.39, 0.29) is 32.8 Å². The van der Waals surface area contributed by atoms with Crippen molar-refractivity contribution in [3.05, 3.63) is 42.0 Å². The van der Waals surface area contributed by atoms with Crippen LogP contribution in [-0.2, 0) is 19.9 Å². The highest BCUT2D eigenvalue weighted by atomic mass is 32.2. The molecule has 2 aliphatic heterocycles. The van der Waals surface area contributed by atoms with Crippen molar-refractivity contribution in [2.24, 2.45) is 0 Å². The smallest absolute Gasteiger partial charge is 0.335 e. The highest BCUT2D eigenvalue weighted by Crippen LogP contribution is 2.40. The summed E-state index contributed by atoms with van der Waals surface area (Å²) in [6, 6.07) is 8.47. The van der Waals surface area contributed by atoms with Gasteiger partial charge in [-0.1, -0.05) is 0 Å². The Morgan fingerprint density at radius 1 is 1.06 bits per heavy atom. The summed E-state index contributed by atoms with van der Waals surface area (Å²) in [5, 5.41) is 9.42. The second-order valence-corrected chi connectivity index (χ2v) is 12.6. The van der Waals surface area contributed by atoms with Gasteiger partial charge in [-0.05, 0) is 68.5 Å². The fraction of sp³-hybridized carbons (Fsp3) is 0.435. The van der Waals surface area contributed by atoms with Crippen LogP contribution < -0.4 is 13.9 Å². The monoisotopic (exact) mass is 508 g/mol. The molecular formula is C23H28N2O7S2. The number of rotatable bonds is 2. The molecule has 2 aromatic rings. The minimum absolute atomic E-state index is 0.00436. The summed E-state index contributed by atoms with van der Waals surface area (Å²) < 4.78 is 59.0. The van der Waals surface area contributed by atoms with E-state index in [1.54, 1.807) is 6.07 Å². The number of sulfonamides is 1. The lowest BCUT2D eigenvalue weighted by Crippen LogP contribution is -2.41. The van der Waals surface area contributed by atoms with Gasteiger partial charge >= 0.3 is 5.97 Å². The summed E-state index contributed by atoms with van der Waals surface area (Å²) >= 11 is 0. The SMILES string of the molecule is CN1c2cc(S(C)(=O)=O)ccc2N2CCCCC2CCCOc2ccc(C(=O)O)cc2S1(=O)=O. The van der Waals surface area contributed by atoms with Gasteiger partial charge in [-0.15, -0.1) is 0 Å². The number of benzene rings is 2. The van der Waals surface area contributed by atoms with Crippen molar-refractivity contribution < 1.29 is 31.5 Å². The minimum atomic E-state index is -4.29. The molecule has 0 aliphatic carbocycles. The van der Waals surface area contributed by atoms with E-state index in [2.05, 4.69) is 4.90 Å². The maximum Gasteiger partial charge on any atom is 0.335 e. The normalized spacial score (nSPS) is 20.6. The molecule has 1 atom stereocenters. The molecule has 4 rings (SSSR count). The molecule has 0 amide bonds. The Kier molecular flexibility index (Phi) is 6.52. The van der Waals surface area contributed by atoms with E-state index in [0.717, 1.165) is 48.9 Å². The molecule has 0 aromatic heterocycles. The number of fused-ring (bicyclic) bond motifs is 4. The van der Waals surface area contributed by atoms with Gasteiger partial charge in [0.15, 0.2) is 9.84 Å². The van der Waals surface area contributed by atoms with Crippen LogP contribution in [0.3, 0.4) is 0 Å². The summed E-state index contributed by atoms with van der Waals surface area (Å²) in [6.45, 7) is 1.02. The number of hydrogen-bond acceptors (Lipinski definition) is 7. The van der Waals surface area contributed by atoms with E-state index in [4.69, 9.17) is 4.74 Å². The number of carboxylic acid groups (broad SMARTS) is 1. The second kappa shape index (κ2) is 9.10. The molecule has 11 heteroatoms. The van der Waals surface area contributed by atoms with Gasteiger partial charge in [0, 0.05) is 25.9 Å². The lowest BCUT2D eigenvalue weighted by atomic mass is 9.97. The molecule has 2 aliphatic rings. The number of carbonyl (C=O) groups is 1. The number of carboxylic acids is 1. The average Bonchev–Trinajstić information content (AvgIpc) is 2.80. The Labute approximate surface area is 199 Å². The number of hydrogen-bond donors (Lipinski definition) is 1. The molecule has 1 fully saturated rings. The van der Waals surface area contributed by atoms with Crippen LogP contribution in [0.4, 0.5) is 11.4 Å². The van der Waals surface area contributed by atoms with Crippen LogP contribution in [0.2, 0.25) is 0 Å². The topological polar surface area (TPSA) is 121 Å². The summed E-state index contributed by atoms with van der Waals surface area (Å²) in [7, 11) is -6.54. The average molecular weight is 509 g/mol. The predicted octanol–water partition coefficient (Wildman–Crippen LogP) is 3.14. The molecule has 0 bridgehead atoms. The summed E-state index contributed by atoms with van der Waals surface area (Å²) in [5.41, 5.74) is 0.676. The van der Waals surface area contributed by atoms with Crippen LogP contribution in [0.15, 0.2) is 46.2 Å². The van der Waals surface area contributed by atoms with Crippen molar-refractivity contribution in [1.82, 2.24) is 0 Å². The zero-order valence-corrected chi connectivity index (χ0v) is 20.7. The van der Waals surface area contributed by atoms with Gasteiger partial charge in [0.1, 0.15) is 10.6 Å². The first kappa shape index (κ1) is 24.3. The molecule has 184 valence electrons. The van der Waals surface area contributed by atoms with E-state index >= 15 is 0 Å². The van der Waals surface area contributed by atoms with E-state index in [9.17, 15) is 26.7 Å². The largest absolute Gasteiger partial charge is 0.492 e. The molecular weight excluding hydrogens is 480 g/mol. The van der Waals surface area contributed by atoms with Gasteiger partial charge in [0.25, 0.3) is 10.0 Å². The van der Waals surface area contributed by atoms with Crippen LogP contribution in [-0.4, -0.2) is 60.4 Å². The predicted molar refractivity (Wildman–Crippen MR) is 128 cm³/mol. The summed E-state index contributed by atoms with van der Waals surface area (Å²) in [5.74, 6) is -1.19. The third kappa shape index (κ3) is 4.58. The van der Waals surface area contributed by atoms with Crippen molar-refractivity contribution in [2.45, 2.75) is 47.9 Å². The van der Waals surface area contributed by atoms with Gasteiger partial charge in [0.05, 0.1) is 28.4 Å². The number of anilines is 2.